The number of nitro benzene ring substituents is 1. The number of carbonyl (C=O) groups is 1. The van der Waals surface area contributed by atoms with E-state index in [2.05, 4.69) is 6.58 Å². The summed E-state index contributed by atoms with van der Waals surface area (Å²) in [5.41, 5.74) is 0.0761. The molecule has 0 aliphatic heterocycles. The van der Waals surface area contributed by atoms with Gasteiger partial charge in [0.05, 0.1) is 4.92 Å². The van der Waals surface area contributed by atoms with E-state index < -0.39 is 4.92 Å². The van der Waals surface area contributed by atoms with Gasteiger partial charge < -0.3 is 4.74 Å². The van der Waals surface area contributed by atoms with Crippen LogP contribution in [0.4, 0.5) is 5.69 Å². The standard InChI is InChI=1S/C11H11NO4/c1-3-6-16-11-5-4-9(8(2)13)7-10(11)12(14)15/h3-5,7H,1,6H2,2H3. The van der Waals surface area contributed by atoms with Gasteiger partial charge >= 0.3 is 5.69 Å². The van der Waals surface area contributed by atoms with E-state index in [4.69, 9.17) is 4.74 Å². The predicted molar refractivity (Wildman–Crippen MR) is 58.8 cm³/mol. The second-order valence-corrected chi connectivity index (χ2v) is 3.10. The molecule has 0 bridgehead atoms. The van der Waals surface area contributed by atoms with Gasteiger partial charge in [0.15, 0.2) is 11.5 Å². The van der Waals surface area contributed by atoms with Crippen molar-refractivity contribution in [2.45, 2.75) is 6.92 Å². The zero-order valence-corrected chi connectivity index (χ0v) is 8.80. The van der Waals surface area contributed by atoms with Gasteiger partial charge in [-0.25, -0.2) is 0 Å². The van der Waals surface area contributed by atoms with E-state index in [-0.39, 0.29) is 29.4 Å². The number of rotatable bonds is 5. The van der Waals surface area contributed by atoms with Crippen LogP contribution in [-0.2, 0) is 0 Å². The van der Waals surface area contributed by atoms with Crippen molar-refractivity contribution in [2.24, 2.45) is 0 Å². The smallest absolute Gasteiger partial charge is 0.311 e. The number of hydrogen-bond acceptors (Lipinski definition) is 4. The Balaban J connectivity index is 3.13. The molecule has 0 fully saturated rings. The van der Waals surface area contributed by atoms with Gasteiger partial charge in [-0.05, 0) is 19.1 Å². The minimum Gasteiger partial charge on any atom is -0.483 e. The van der Waals surface area contributed by atoms with E-state index in [9.17, 15) is 14.9 Å². The molecule has 84 valence electrons. The molecule has 1 aromatic rings. The van der Waals surface area contributed by atoms with E-state index in [0.717, 1.165) is 0 Å². The Hall–Kier alpha value is -2.17. The third-order valence-corrected chi connectivity index (χ3v) is 1.92. The first-order valence-electron chi connectivity index (χ1n) is 4.59. The molecule has 0 spiro atoms. The molecule has 16 heavy (non-hydrogen) atoms. The number of hydrogen-bond donors (Lipinski definition) is 0. The summed E-state index contributed by atoms with van der Waals surface area (Å²) in [6.07, 6.45) is 1.49. The van der Waals surface area contributed by atoms with Crippen LogP contribution in [0, 0.1) is 10.1 Å². The molecule has 0 unspecified atom stereocenters. The Labute approximate surface area is 92.5 Å². The van der Waals surface area contributed by atoms with E-state index in [0.29, 0.717) is 0 Å². The zero-order valence-electron chi connectivity index (χ0n) is 8.80. The van der Waals surface area contributed by atoms with Crippen LogP contribution in [0.2, 0.25) is 0 Å². The van der Waals surface area contributed by atoms with E-state index in [1.807, 2.05) is 0 Å². The van der Waals surface area contributed by atoms with Crippen molar-refractivity contribution in [3.8, 4) is 5.75 Å². The number of nitrogens with zero attached hydrogens (tertiary/aromatic N) is 1. The van der Waals surface area contributed by atoms with Crippen molar-refractivity contribution < 1.29 is 14.5 Å². The number of carbonyl (C=O) groups excluding carboxylic acids is 1. The van der Waals surface area contributed by atoms with Crippen LogP contribution in [0.3, 0.4) is 0 Å². The van der Waals surface area contributed by atoms with Gasteiger partial charge in [-0.3, -0.25) is 14.9 Å². The summed E-state index contributed by atoms with van der Waals surface area (Å²) in [6.45, 7) is 4.98. The van der Waals surface area contributed by atoms with E-state index in [1.54, 1.807) is 0 Å². The van der Waals surface area contributed by atoms with E-state index in [1.165, 1.54) is 31.2 Å². The second-order valence-electron chi connectivity index (χ2n) is 3.10. The van der Waals surface area contributed by atoms with Crippen LogP contribution >= 0.6 is 0 Å². The third kappa shape index (κ3) is 2.66. The molecule has 5 heteroatoms. The average Bonchev–Trinajstić information content (AvgIpc) is 2.25. The summed E-state index contributed by atoms with van der Waals surface area (Å²) in [5, 5.41) is 10.7. The fourth-order valence-electron chi connectivity index (χ4n) is 1.15. The molecule has 5 nitrogen and oxygen atoms in total. The fraction of sp³-hybridized carbons (Fsp3) is 0.182. The monoisotopic (exact) mass is 221 g/mol. The van der Waals surface area contributed by atoms with E-state index >= 15 is 0 Å². The van der Waals surface area contributed by atoms with Crippen LogP contribution in [0.5, 0.6) is 5.75 Å². The first-order valence-corrected chi connectivity index (χ1v) is 4.59. The fourth-order valence-corrected chi connectivity index (χ4v) is 1.15. The molecule has 0 aliphatic rings. The first kappa shape index (κ1) is 11.9. The van der Waals surface area contributed by atoms with Crippen molar-refractivity contribution in [3.63, 3.8) is 0 Å². The average molecular weight is 221 g/mol. The Morgan fingerprint density at radius 3 is 2.81 bits per heavy atom. The van der Waals surface area contributed by atoms with Crippen molar-refractivity contribution in [2.75, 3.05) is 6.61 Å². The lowest BCUT2D eigenvalue weighted by molar-refractivity contribution is -0.385. The Morgan fingerprint density at radius 2 is 2.31 bits per heavy atom. The highest BCUT2D eigenvalue weighted by atomic mass is 16.6. The molecule has 0 N–H and O–H groups in total. The highest BCUT2D eigenvalue weighted by Gasteiger charge is 2.16. The second kappa shape index (κ2) is 5.06. The summed E-state index contributed by atoms with van der Waals surface area (Å²) in [5.74, 6) is -0.0896. The lowest BCUT2D eigenvalue weighted by Gasteiger charge is -2.04. The van der Waals surface area contributed by atoms with Gasteiger partial charge in [0.25, 0.3) is 0 Å². The quantitative estimate of drug-likeness (QED) is 0.331. The topological polar surface area (TPSA) is 69.4 Å². The van der Waals surface area contributed by atoms with Crippen molar-refractivity contribution in [1.82, 2.24) is 0 Å². The molecule has 0 aliphatic carbocycles. The highest BCUT2D eigenvalue weighted by Crippen LogP contribution is 2.28. The molecular weight excluding hydrogens is 210 g/mol. The summed E-state index contributed by atoms with van der Waals surface area (Å²) in [6, 6.07) is 4.12. The van der Waals surface area contributed by atoms with Gasteiger partial charge in [-0.1, -0.05) is 12.7 Å². The Morgan fingerprint density at radius 1 is 1.62 bits per heavy atom. The molecule has 0 amide bonds. The van der Waals surface area contributed by atoms with Crippen LogP contribution in [0.1, 0.15) is 17.3 Å². The zero-order chi connectivity index (χ0) is 12.1. The number of nitro groups is 1. The van der Waals surface area contributed by atoms with Crippen LogP contribution in [0.25, 0.3) is 0 Å². The molecule has 0 saturated carbocycles. The van der Waals surface area contributed by atoms with Gasteiger partial charge in [0, 0.05) is 11.6 Å². The molecule has 1 rings (SSSR count). The van der Waals surface area contributed by atoms with Crippen LogP contribution < -0.4 is 4.74 Å². The van der Waals surface area contributed by atoms with Crippen molar-refractivity contribution >= 4 is 11.5 Å². The highest BCUT2D eigenvalue weighted by molar-refractivity contribution is 5.95. The molecule has 0 saturated heterocycles. The lowest BCUT2D eigenvalue weighted by Crippen LogP contribution is -2.00. The number of Topliss-reactive ketones (excluding diaryl/α,β-unsaturated/α-hetero) is 1. The first-order chi connectivity index (χ1) is 7.56. The predicted octanol–water partition coefficient (Wildman–Crippen LogP) is 2.36. The van der Waals surface area contributed by atoms with Crippen molar-refractivity contribution in [1.29, 1.82) is 0 Å². The van der Waals surface area contributed by atoms with Gasteiger partial charge in [-0.15, -0.1) is 0 Å². The molecule has 1 aromatic carbocycles. The van der Waals surface area contributed by atoms with Crippen LogP contribution in [-0.4, -0.2) is 17.3 Å². The third-order valence-electron chi connectivity index (χ3n) is 1.92. The number of ether oxygens (including phenoxy) is 1. The maximum atomic E-state index is 11.1. The molecule has 0 radical (unpaired) electrons. The minimum atomic E-state index is -0.579. The van der Waals surface area contributed by atoms with Gasteiger partial charge in [-0.2, -0.15) is 0 Å². The maximum Gasteiger partial charge on any atom is 0.311 e. The van der Waals surface area contributed by atoms with Crippen LogP contribution in [0.15, 0.2) is 30.9 Å². The minimum absolute atomic E-state index is 0.134. The van der Waals surface area contributed by atoms with Gasteiger partial charge in [0.1, 0.15) is 6.61 Å². The molecule has 0 atom stereocenters. The largest absolute Gasteiger partial charge is 0.483 e. The van der Waals surface area contributed by atoms with Gasteiger partial charge in [0.2, 0.25) is 0 Å². The number of ketones is 1. The molecule has 0 aromatic heterocycles. The van der Waals surface area contributed by atoms with Crippen molar-refractivity contribution in [3.05, 3.63) is 46.5 Å². The normalized spacial score (nSPS) is 9.56. The summed E-state index contributed by atoms with van der Waals surface area (Å²) >= 11 is 0. The lowest BCUT2D eigenvalue weighted by atomic mass is 10.1. The SMILES string of the molecule is C=CCOc1ccc(C(C)=O)cc1[N+](=O)[O-]. The Bertz CT molecular complexity index is 440. The summed E-state index contributed by atoms with van der Waals surface area (Å²) in [4.78, 5) is 21.2. The summed E-state index contributed by atoms with van der Waals surface area (Å²) < 4.78 is 5.11. The molecule has 0 heterocycles. The summed E-state index contributed by atoms with van der Waals surface area (Å²) in [7, 11) is 0. The Kier molecular flexibility index (Phi) is 3.77. The number of benzene rings is 1. The maximum absolute atomic E-state index is 11.1. The molecular formula is C11H11NO4.